The minimum absolute atomic E-state index is 0.255. The molecular formula is C8H17NO6S2. The lowest BCUT2D eigenvalue weighted by Crippen LogP contribution is -2.39. The van der Waals surface area contributed by atoms with Crippen molar-refractivity contribution in [2.75, 3.05) is 44.4 Å². The predicted octanol–water partition coefficient (Wildman–Crippen LogP) is -0.985. The molecule has 0 aromatic carbocycles. The van der Waals surface area contributed by atoms with Gasteiger partial charge in [-0.15, -0.1) is 3.63 Å². The maximum atomic E-state index is 11.4. The lowest BCUT2D eigenvalue weighted by molar-refractivity contribution is 0.0407. The van der Waals surface area contributed by atoms with Gasteiger partial charge in [0, 0.05) is 19.6 Å². The Bertz CT molecular complexity index is 423. The van der Waals surface area contributed by atoms with E-state index in [9.17, 15) is 16.8 Å². The van der Waals surface area contributed by atoms with Crippen molar-refractivity contribution in [2.24, 2.45) is 0 Å². The van der Waals surface area contributed by atoms with E-state index in [2.05, 4.69) is 3.63 Å². The Hall–Kier alpha value is -0.220. The second-order valence-electron chi connectivity index (χ2n) is 3.63. The lowest BCUT2D eigenvalue weighted by atomic mass is 10.4. The Labute approximate surface area is 102 Å². The summed E-state index contributed by atoms with van der Waals surface area (Å²) in [5, 5.41) is 0. The van der Waals surface area contributed by atoms with Gasteiger partial charge < -0.3 is 4.74 Å². The minimum atomic E-state index is -4.02. The van der Waals surface area contributed by atoms with Crippen LogP contribution in [0.15, 0.2) is 0 Å². The zero-order chi connectivity index (χ0) is 12.9. The third kappa shape index (κ3) is 5.77. The Balaban J connectivity index is 2.44. The molecule has 0 aliphatic carbocycles. The number of hydrogen-bond donors (Lipinski definition) is 0. The third-order valence-corrected chi connectivity index (χ3v) is 5.37. The van der Waals surface area contributed by atoms with E-state index in [0.717, 1.165) is 0 Å². The molecule has 0 radical (unpaired) electrons. The highest BCUT2D eigenvalue weighted by molar-refractivity contribution is 7.99. The van der Waals surface area contributed by atoms with E-state index in [4.69, 9.17) is 4.74 Å². The molecule has 7 nitrogen and oxygen atoms in total. The average molecular weight is 287 g/mol. The molecule has 1 saturated heterocycles. The molecule has 0 atom stereocenters. The van der Waals surface area contributed by atoms with Crippen LogP contribution in [0.4, 0.5) is 0 Å². The van der Waals surface area contributed by atoms with Crippen molar-refractivity contribution in [2.45, 2.75) is 6.92 Å². The standard InChI is InChI=1S/C8H17NO6S2/c1-2-16(10,11)15-17(12,13)8-5-9-3-6-14-7-4-9/h2-8H2,1H3. The van der Waals surface area contributed by atoms with Crippen LogP contribution >= 0.6 is 0 Å². The summed E-state index contributed by atoms with van der Waals surface area (Å²) in [6, 6.07) is 0. The molecule has 0 N–H and O–H groups in total. The van der Waals surface area contributed by atoms with Crippen molar-refractivity contribution >= 4 is 20.2 Å². The van der Waals surface area contributed by atoms with E-state index in [1.54, 1.807) is 0 Å². The number of hydrogen-bond acceptors (Lipinski definition) is 7. The SMILES string of the molecule is CCS(=O)(=O)OS(=O)(=O)CCN1CCOCC1. The maximum absolute atomic E-state index is 11.4. The van der Waals surface area contributed by atoms with E-state index < -0.39 is 20.2 Å². The van der Waals surface area contributed by atoms with Gasteiger partial charge in [0.05, 0.1) is 24.7 Å². The lowest BCUT2D eigenvalue weighted by Gasteiger charge is -2.26. The summed E-state index contributed by atoms with van der Waals surface area (Å²) in [6.45, 7) is 4.01. The fourth-order valence-corrected chi connectivity index (χ4v) is 3.71. The quantitative estimate of drug-likeness (QED) is 0.620. The average Bonchev–Trinajstić information content (AvgIpc) is 2.27. The molecule has 0 aromatic heterocycles. The molecule has 0 saturated carbocycles. The third-order valence-electron chi connectivity index (χ3n) is 2.32. The summed E-state index contributed by atoms with van der Waals surface area (Å²) in [7, 11) is -7.98. The molecule has 17 heavy (non-hydrogen) atoms. The molecule has 1 heterocycles. The zero-order valence-corrected chi connectivity index (χ0v) is 11.3. The Morgan fingerprint density at radius 2 is 1.71 bits per heavy atom. The van der Waals surface area contributed by atoms with Crippen LogP contribution in [-0.2, 0) is 28.6 Å². The van der Waals surface area contributed by atoms with Crippen molar-refractivity contribution in [3.05, 3.63) is 0 Å². The highest BCUT2D eigenvalue weighted by atomic mass is 32.3. The molecule has 0 amide bonds. The van der Waals surface area contributed by atoms with Crippen molar-refractivity contribution in [1.29, 1.82) is 0 Å². The van der Waals surface area contributed by atoms with Crippen LogP contribution in [0.2, 0.25) is 0 Å². The van der Waals surface area contributed by atoms with Crippen LogP contribution in [0.5, 0.6) is 0 Å². The first kappa shape index (κ1) is 14.8. The van der Waals surface area contributed by atoms with E-state index >= 15 is 0 Å². The van der Waals surface area contributed by atoms with Gasteiger partial charge in [-0.1, -0.05) is 0 Å². The van der Waals surface area contributed by atoms with Gasteiger partial charge in [0.2, 0.25) is 0 Å². The van der Waals surface area contributed by atoms with Gasteiger partial charge >= 0.3 is 0 Å². The first-order valence-corrected chi connectivity index (χ1v) is 8.47. The van der Waals surface area contributed by atoms with Crippen molar-refractivity contribution in [3.63, 3.8) is 0 Å². The van der Waals surface area contributed by atoms with Crippen LogP contribution in [0.1, 0.15) is 6.92 Å². The topological polar surface area (TPSA) is 90.0 Å². The fourth-order valence-electron chi connectivity index (χ4n) is 1.31. The van der Waals surface area contributed by atoms with Gasteiger partial charge in [0.15, 0.2) is 0 Å². The van der Waals surface area contributed by atoms with Gasteiger partial charge in [0.25, 0.3) is 20.2 Å². The largest absolute Gasteiger partial charge is 0.379 e. The molecule has 1 rings (SSSR count). The highest BCUT2D eigenvalue weighted by Crippen LogP contribution is 2.04. The smallest absolute Gasteiger partial charge is 0.283 e. The summed E-state index contributed by atoms with van der Waals surface area (Å²) in [5.74, 6) is -0.685. The minimum Gasteiger partial charge on any atom is -0.379 e. The van der Waals surface area contributed by atoms with Crippen LogP contribution < -0.4 is 0 Å². The summed E-state index contributed by atoms with van der Waals surface area (Å²) in [6.07, 6.45) is 0. The van der Waals surface area contributed by atoms with Crippen LogP contribution in [0.3, 0.4) is 0 Å². The predicted molar refractivity (Wildman–Crippen MR) is 61.6 cm³/mol. The molecule has 9 heteroatoms. The fraction of sp³-hybridized carbons (Fsp3) is 1.00. The van der Waals surface area contributed by atoms with Gasteiger partial charge in [0.1, 0.15) is 0 Å². The van der Waals surface area contributed by atoms with Gasteiger partial charge in [-0.2, -0.15) is 16.8 Å². The Kier molecular flexibility index (Phi) is 5.32. The molecule has 0 bridgehead atoms. The molecule has 1 aliphatic heterocycles. The second kappa shape index (κ2) is 6.10. The zero-order valence-electron chi connectivity index (χ0n) is 9.66. The van der Waals surface area contributed by atoms with Crippen molar-refractivity contribution in [3.8, 4) is 0 Å². The van der Waals surface area contributed by atoms with Crippen molar-refractivity contribution < 1.29 is 25.2 Å². The molecule has 102 valence electrons. The van der Waals surface area contributed by atoms with Crippen molar-refractivity contribution in [1.82, 2.24) is 4.90 Å². The molecule has 0 unspecified atom stereocenters. The molecule has 0 aromatic rings. The monoisotopic (exact) mass is 287 g/mol. The first-order chi connectivity index (χ1) is 7.85. The van der Waals surface area contributed by atoms with Crippen LogP contribution in [0.25, 0.3) is 0 Å². The first-order valence-electron chi connectivity index (χ1n) is 5.31. The highest BCUT2D eigenvalue weighted by Gasteiger charge is 2.22. The van der Waals surface area contributed by atoms with Crippen LogP contribution in [0, 0.1) is 0 Å². The molecule has 1 fully saturated rings. The summed E-state index contributed by atoms with van der Waals surface area (Å²) in [5.41, 5.74) is 0. The normalized spacial score (nSPS) is 19.4. The number of rotatable bonds is 6. The summed E-state index contributed by atoms with van der Waals surface area (Å²) < 4.78 is 54.1. The van der Waals surface area contributed by atoms with E-state index in [-0.39, 0.29) is 18.1 Å². The van der Waals surface area contributed by atoms with Gasteiger partial charge in [-0.25, -0.2) is 0 Å². The molecule has 0 spiro atoms. The van der Waals surface area contributed by atoms with E-state index in [1.165, 1.54) is 6.92 Å². The number of nitrogens with zero attached hydrogens (tertiary/aromatic N) is 1. The Morgan fingerprint density at radius 1 is 1.12 bits per heavy atom. The Morgan fingerprint density at radius 3 is 2.24 bits per heavy atom. The molecular weight excluding hydrogens is 270 g/mol. The number of ether oxygens (including phenoxy) is 1. The van der Waals surface area contributed by atoms with E-state index in [1.807, 2.05) is 4.90 Å². The molecule has 1 aliphatic rings. The van der Waals surface area contributed by atoms with Gasteiger partial charge in [-0.3, -0.25) is 4.90 Å². The summed E-state index contributed by atoms with van der Waals surface area (Å²) >= 11 is 0. The second-order valence-corrected chi connectivity index (χ2v) is 7.39. The van der Waals surface area contributed by atoms with Crippen LogP contribution in [-0.4, -0.2) is 66.1 Å². The maximum Gasteiger partial charge on any atom is 0.283 e. The van der Waals surface area contributed by atoms with Gasteiger partial charge in [-0.05, 0) is 6.92 Å². The summed E-state index contributed by atoms with van der Waals surface area (Å²) in [4.78, 5) is 1.89. The van der Waals surface area contributed by atoms with E-state index in [0.29, 0.717) is 26.3 Å². The number of morpholine rings is 1.